The zero-order chi connectivity index (χ0) is 16.4. The molecule has 0 N–H and O–H groups in total. The van der Waals surface area contributed by atoms with Crippen molar-refractivity contribution in [2.24, 2.45) is 5.92 Å². The highest BCUT2D eigenvalue weighted by molar-refractivity contribution is 5.94. The number of hydrogen-bond donors (Lipinski definition) is 0. The molecule has 1 unspecified atom stereocenters. The molecule has 3 nitrogen and oxygen atoms in total. The van der Waals surface area contributed by atoms with E-state index in [-0.39, 0.29) is 11.7 Å². The third-order valence-electron chi connectivity index (χ3n) is 4.44. The van der Waals surface area contributed by atoms with Crippen LogP contribution in [0.5, 0.6) is 0 Å². The van der Waals surface area contributed by atoms with Crippen molar-refractivity contribution in [3.8, 4) is 0 Å². The molecule has 0 aliphatic carbocycles. The van der Waals surface area contributed by atoms with Crippen molar-refractivity contribution < 1.29 is 9.18 Å². The maximum atomic E-state index is 13.3. The zero-order valence-electron chi connectivity index (χ0n) is 13.6. The number of carbonyl (C=O) groups excluding carboxylic acids is 1. The number of benzene rings is 1. The summed E-state index contributed by atoms with van der Waals surface area (Å²) in [6.45, 7) is 5.25. The van der Waals surface area contributed by atoms with Crippen LogP contribution in [0, 0.1) is 25.6 Å². The van der Waals surface area contributed by atoms with Crippen LogP contribution in [0.3, 0.4) is 0 Å². The molecular weight excluding hydrogens is 291 g/mol. The fourth-order valence-corrected chi connectivity index (χ4v) is 3.21. The number of pyridine rings is 1. The summed E-state index contributed by atoms with van der Waals surface area (Å²) < 4.78 is 13.3. The van der Waals surface area contributed by atoms with Crippen molar-refractivity contribution >= 4 is 5.91 Å². The standard InChI is InChI=1S/C19H21FN2O/c1-13-7-17(11-21-10-13)19(23)22-6-5-16(12-22)9-15-3-4-18(20)14(2)8-15/h3-4,7-8,10-11,16H,5-6,9,12H2,1-2H3. The molecule has 1 aromatic carbocycles. The highest BCUT2D eigenvalue weighted by Gasteiger charge is 2.27. The van der Waals surface area contributed by atoms with Crippen LogP contribution < -0.4 is 0 Å². The Bertz CT molecular complexity index is 729. The molecule has 3 rings (SSSR count). The molecule has 0 spiro atoms. The lowest BCUT2D eigenvalue weighted by atomic mass is 9.97. The van der Waals surface area contributed by atoms with E-state index in [1.54, 1.807) is 19.3 Å². The Morgan fingerprint density at radius 3 is 2.87 bits per heavy atom. The highest BCUT2D eigenvalue weighted by atomic mass is 19.1. The van der Waals surface area contributed by atoms with Gasteiger partial charge in [-0.2, -0.15) is 0 Å². The molecule has 1 atom stereocenters. The van der Waals surface area contributed by atoms with Crippen LogP contribution in [0.2, 0.25) is 0 Å². The van der Waals surface area contributed by atoms with Crippen LogP contribution in [0.15, 0.2) is 36.7 Å². The van der Waals surface area contributed by atoms with Gasteiger partial charge in [-0.3, -0.25) is 9.78 Å². The Kier molecular flexibility index (Phi) is 4.42. The van der Waals surface area contributed by atoms with E-state index in [0.717, 1.165) is 37.1 Å². The number of nitrogens with zero attached hydrogens (tertiary/aromatic N) is 2. The molecule has 120 valence electrons. The summed E-state index contributed by atoms with van der Waals surface area (Å²) in [6, 6.07) is 7.16. The Morgan fingerprint density at radius 2 is 2.13 bits per heavy atom. The molecule has 2 heterocycles. The van der Waals surface area contributed by atoms with Gasteiger partial charge in [0.2, 0.25) is 0 Å². The molecule has 0 saturated carbocycles. The predicted molar refractivity (Wildman–Crippen MR) is 87.8 cm³/mol. The van der Waals surface area contributed by atoms with Gasteiger partial charge in [0, 0.05) is 25.5 Å². The monoisotopic (exact) mass is 312 g/mol. The van der Waals surface area contributed by atoms with E-state index in [4.69, 9.17) is 0 Å². The first-order chi connectivity index (χ1) is 11.0. The second kappa shape index (κ2) is 6.49. The number of rotatable bonds is 3. The number of carbonyl (C=O) groups is 1. The molecule has 1 aromatic heterocycles. The summed E-state index contributed by atoms with van der Waals surface area (Å²) in [5, 5.41) is 0. The normalized spacial score (nSPS) is 17.5. The fraction of sp³-hybridized carbons (Fsp3) is 0.368. The van der Waals surface area contributed by atoms with Crippen LogP contribution >= 0.6 is 0 Å². The van der Waals surface area contributed by atoms with E-state index >= 15 is 0 Å². The largest absolute Gasteiger partial charge is 0.338 e. The van der Waals surface area contributed by atoms with E-state index in [9.17, 15) is 9.18 Å². The van der Waals surface area contributed by atoms with Gasteiger partial charge in [-0.05, 0) is 61.4 Å². The molecule has 1 aliphatic heterocycles. The molecule has 4 heteroatoms. The van der Waals surface area contributed by atoms with Gasteiger partial charge in [-0.1, -0.05) is 12.1 Å². The van der Waals surface area contributed by atoms with Crippen LogP contribution in [0.25, 0.3) is 0 Å². The molecule has 1 fully saturated rings. The summed E-state index contributed by atoms with van der Waals surface area (Å²) in [6.07, 6.45) is 5.25. The molecular formula is C19H21FN2O. The van der Waals surface area contributed by atoms with Gasteiger partial charge in [0.1, 0.15) is 5.82 Å². The fourth-order valence-electron chi connectivity index (χ4n) is 3.21. The minimum Gasteiger partial charge on any atom is -0.338 e. The van der Waals surface area contributed by atoms with Gasteiger partial charge in [0.15, 0.2) is 0 Å². The van der Waals surface area contributed by atoms with Gasteiger partial charge < -0.3 is 4.90 Å². The topological polar surface area (TPSA) is 33.2 Å². The molecule has 0 radical (unpaired) electrons. The van der Waals surface area contributed by atoms with Crippen LogP contribution in [-0.2, 0) is 6.42 Å². The SMILES string of the molecule is Cc1cncc(C(=O)N2CCC(Cc3ccc(F)c(C)c3)C2)c1. The Balaban J connectivity index is 1.64. The van der Waals surface area contributed by atoms with Gasteiger partial charge >= 0.3 is 0 Å². The molecule has 0 bridgehead atoms. The highest BCUT2D eigenvalue weighted by Crippen LogP contribution is 2.23. The second-order valence-electron chi connectivity index (χ2n) is 6.44. The number of aryl methyl sites for hydroxylation is 2. The maximum Gasteiger partial charge on any atom is 0.255 e. The van der Waals surface area contributed by atoms with E-state index < -0.39 is 0 Å². The molecule has 23 heavy (non-hydrogen) atoms. The first-order valence-electron chi connectivity index (χ1n) is 7.99. The van der Waals surface area contributed by atoms with Crippen molar-refractivity contribution in [1.82, 2.24) is 9.88 Å². The van der Waals surface area contributed by atoms with Crippen molar-refractivity contribution in [3.05, 3.63) is 64.7 Å². The Hall–Kier alpha value is -2.23. The molecule has 1 saturated heterocycles. The summed E-state index contributed by atoms with van der Waals surface area (Å²) in [4.78, 5) is 18.5. The smallest absolute Gasteiger partial charge is 0.255 e. The van der Waals surface area contributed by atoms with Gasteiger partial charge in [-0.15, -0.1) is 0 Å². The lowest BCUT2D eigenvalue weighted by Gasteiger charge is -2.17. The maximum absolute atomic E-state index is 13.3. The van der Waals surface area contributed by atoms with Crippen molar-refractivity contribution in [1.29, 1.82) is 0 Å². The van der Waals surface area contributed by atoms with Crippen LogP contribution in [0.1, 0.15) is 33.5 Å². The van der Waals surface area contributed by atoms with Crippen molar-refractivity contribution in [2.45, 2.75) is 26.7 Å². The number of aromatic nitrogens is 1. The van der Waals surface area contributed by atoms with E-state index in [1.165, 1.54) is 6.07 Å². The molecule has 1 amide bonds. The van der Waals surface area contributed by atoms with Crippen molar-refractivity contribution in [3.63, 3.8) is 0 Å². The Labute approximate surface area is 136 Å². The lowest BCUT2D eigenvalue weighted by Crippen LogP contribution is -2.29. The minimum atomic E-state index is -0.163. The van der Waals surface area contributed by atoms with E-state index in [2.05, 4.69) is 4.98 Å². The average Bonchev–Trinajstić information content (AvgIpc) is 2.99. The van der Waals surface area contributed by atoms with Gasteiger partial charge in [-0.25, -0.2) is 4.39 Å². The number of hydrogen-bond acceptors (Lipinski definition) is 2. The Morgan fingerprint density at radius 1 is 1.30 bits per heavy atom. The number of likely N-dealkylation sites (tertiary alicyclic amines) is 1. The van der Waals surface area contributed by atoms with Crippen LogP contribution in [0.4, 0.5) is 4.39 Å². The van der Waals surface area contributed by atoms with Crippen molar-refractivity contribution in [2.75, 3.05) is 13.1 Å². The van der Waals surface area contributed by atoms with Crippen LogP contribution in [-0.4, -0.2) is 28.9 Å². The third-order valence-corrected chi connectivity index (χ3v) is 4.44. The predicted octanol–water partition coefficient (Wildman–Crippen LogP) is 3.54. The molecule has 2 aromatic rings. The first kappa shape index (κ1) is 15.7. The van der Waals surface area contributed by atoms with E-state index in [1.807, 2.05) is 30.0 Å². The summed E-state index contributed by atoms with van der Waals surface area (Å²) in [7, 11) is 0. The summed E-state index contributed by atoms with van der Waals surface area (Å²) >= 11 is 0. The van der Waals surface area contributed by atoms with Gasteiger partial charge in [0.05, 0.1) is 5.56 Å². The van der Waals surface area contributed by atoms with Gasteiger partial charge in [0.25, 0.3) is 5.91 Å². The first-order valence-corrected chi connectivity index (χ1v) is 7.99. The average molecular weight is 312 g/mol. The quantitative estimate of drug-likeness (QED) is 0.868. The lowest BCUT2D eigenvalue weighted by molar-refractivity contribution is 0.0786. The third kappa shape index (κ3) is 3.58. The zero-order valence-corrected chi connectivity index (χ0v) is 13.6. The second-order valence-corrected chi connectivity index (χ2v) is 6.44. The summed E-state index contributed by atoms with van der Waals surface area (Å²) in [5.41, 5.74) is 3.47. The van der Waals surface area contributed by atoms with E-state index in [0.29, 0.717) is 17.0 Å². The minimum absolute atomic E-state index is 0.0546. The number of amides is 1. The summed E-state index contributed by atoms with van der Waals surface area (Å²) in [5.74, 6) is 0.324. The molecule has 1 aliphatic rings. The number of halogens is 1.